The molecule has 8 nitrogen and oxygen atoms in total. The maximum absolute atomic E-state index is 7.15. The minimum atomic E-state index is 0.611. The molecule has 8 aromatic rings. The Morgan fingerprint density at radius 3 is 0.435 bits per heavy atom. The van der Waals surface area contributed by atoms with Crippen LogP contribution in [0.2, 0.25) is 0 Å². The summed E-state index contributed by atoms with van der Waals surface area (Å²) in [5, 5.41) is 9.68. The standard InChI is InChI=1S/C80H104O8S4/c1-9-17-41-81-73-65-49-89-51-67-59-35-27-28-36-60(59)69(77(85-45-21-13-5)75(67)83-43-19-11-3)53-91-55-71-63-39-31-32-40-64(63)72(80(88-48-24-16-8)79(71)87-47-23-15-7)56-92-54-70-62-38-30-29-37-61(62)68(76(84-44-20-12-4)78(70)86-46-22-14-6)52-90-50-66(74(73)82-42-18-10-2)58-34-26-25-33-57(58)65/h25-40H,9-24,41-56H2,1-8H3. The van der Waals surface area contributed by atoms with Gasteiger partial charge in [0, 0.05) is 90.5 Å². The summed E-state index contributed by atoms with van der Waals surface area (Å²) in [6, 6.07) is 36.0. The highest BCUT2D eigenvalue weighted by molar-refractivity contribution is 7.98. The zero-order valence-corrected chi connectivity index (χ0v) is 60.0. The third-order valence-corrected chi connectivity index (χ3v) is 21.2. The fourth-order valence-corrected chi connectivity index (χ4v) is 16.4. The summed E-state index contributed by atoms with van der Waals surface area (Å²) in [6.45, 7) is 22.8. The van der Waals surface area contributed by atoms with Crippen LogP contribution in [0.3, 0.4) is 0 Å². The van der Waals surface area contributed by atoms with Crippen LogP contribution >= 0.6 is 47.0 Å². The lowest BCUT2D eigenvalue weighted by molar-refractivity contribution is 0.259. The summed E-state index contributed by atoms with van der Waals surface area (Å²) < 4.78 is 57.2. The Labute approximate surface area is 568 Å². The monoisotopic (exact) mass is 1320 g/mol. The molecule has 92 heavy (non-hydrogen) atoms. The average molecular weight is 1320 g/mol. The molecule has 8 bridgehead atoms. The zero-order valence-electron chi connectivity index (χ0n) is 56.8. The minimum Gasteiger partial charge on any atom is -0.489 e. The largest absolute Gasteiger partial charge is 0.489 e. The maximum Gasteiger partial charge on any atom is 0.166 e. The quantitative estimate of drug-likeness (QED) is 0.0377. The van der Waals surface area contributed by atoms with Crippen molar-refractivity contribution >= 4 is 90.1 Å². The van der Waals surface area contributed by atoms with Crippen LogP contribution in [-0.4, -0.2) is 52.9 Å². The van der Waals surface area contributed by atoms with Gasteiger partial charge in [0.25, 0.3) is 0 Å². The Hall–Kier alpha value is -5.40. The lowest BCUT2D eigenvalue weighted by Gasteiger charge is -2.25. The van der Waals surface area contributed by atoms with Crippen molar-refractivity contribution in [2.45, 2.75) is 204 Å². The van der Waals surface area contributed by atoms with Gasteiger partial charge in [-0.15, -0.1) is 0 Å². The van der Waals surface area contributed by atoms with E-state index in [4.69, 9.17) is 37.9 Å². The predicted octanol–water partition coefficient (Wildman–Crippen LogP) is 23.8. The SMILES string of the molecule is CCCCOc1c(OCCCC)c2c3ccccc3c1CSCc1c(OCCCC)c(OCCCC)c(c3ccccc13)CSCc1c(OCCCC)c(OCCCC)c(c3ccccc13)CSCc1c(OCCCC)c(OCCCC)c(c3ccccc13)CSC2. The highest BCUT2D eigenvalue weighted by Crippen LogP contribution is 2.52. The van der Waals surface area contributed by atoms with E-state index >= 15 is 0 Å². The molecule has 0 amide bonds. The van der Waals surface area contributed by atoms with Crippen molar-refractivity contribution in [3.8, 4) is 46.0 Å². The van der Waals surface area contributed by atoms with Crippen LogP contribution in [0, 0.1) is 0 Å². The number of fused-ring (bicyclic) bond motifs is 12. The highest BCUT2D eigenvalue weighted by atomic mass is 32.2. The molecule has 0 fully saturated rings. The summed E-state index contributed by atoms with van der Waals surface area (Å²) in [7, 11) is 0. The van der Waals surface area contributed by atoms with Gasteiger partial charge in [-0.25, -0.2) is 0 Å². The van der Waals surface area contributed by atoms with E-state index < -0.39 is 0 Å². The van der Waals surface area contributed by atoms with Crippen molar-refractivity contribution in [3.05, 3.63) is 142 Å². The van der Waals surface area contributed by atoms with Crippen LogP contribution in [-0.2, 0) is 46.0 Å². The molecular formula is C80H104O8S4. The van der Waals surface area contributed by atoms with E-state index in [0.29, 0.717) is 98.9 Å². The van der Waals surface area contributed by atoms with Crippen molar-refractivity contribution in [2.75, 3.05) is 52.9 Å². The second-order valence-corrected chi connectivity index (χ2v) is 28.2. The van der Waals surface area contributed by atoms with Gasteiger partial charge < -0.3 is 37.9 Å². The van der Waals surface area contributed by atoms with Gasteiger partial charge in [0.05, 0.1) is 52.9 Å². The van der Waals surface area contributed by atoms with Crippen molar-refractivity contribution < 1.29 is 37.9 Å². The van der Waals surface area contributed by atoms with Crippen LogP contribution in [0.1, 0.15) is 203 Å². The summed E-state index contributed by atoms with van der Waals surface area (Å²) in [4.78, 5) is 0. The molecule has 0 radical (unpaired) electrons. The zero-order chi connectivity index (χ0) is 64.3. The number of ether oxygens (including phenoxy) is 8. The van der Waals surface area contributed by atoms with Gasteiger partial charge in [-0.1, -0.05) is 204 Å². The van der Waals surface area contributed by atoms with E-state index in [1.807, 2.05) is 47.0 Å². The lowest BCUT2D eigenvalue weighted by Crippen LogP contribution is -2.10. The predicted molar refractivity (Wildman–Crippen MR) is 399 cm³/mol. The molecule has 0 aliphatic carbocycles. The van der Waals surface area contributed by atoms with Crippen molar-refractivity contribution in [1.82, 2.24) is 0 Å². The van der Waals surface area contributed by atoms with Gasteiger partial charge >= 0.3 is 0 Å². The molecule has 12 heteroatoms. The minimum absolute atomic E-state index is 0.611. The lowest BCUT2D eigenvalue weighted by atomic mass is 9.98. The topological polar surface area (TPSA) is 73.8 Å². The van der Waals surface area contributed by atoms with Crippen molar-refractivity contribution in [2.24, 2.45) is 0 Å². The molecule has 0 saturated heterocycles. The fourth-order valence-electron chi connectivity index (χ4n) is 12.0. The van der Waals surface area contributed by atoms with E-state index in [2.05, 4.69) is 152 Å². The first-order chi connectivity index (χ1) is 45.5. The Kier molecular flexibility index (Phi) is 29.5. The van der Waals surface area contributed by atoms with E-state index in [1.54, 1.807) is 0 Å². The molecule has 496 valence electrons. The molecule has 0 aromatic heterocycles. The Morgan fingerprint density at radius 1 is 0.207 bits per heavy atom. The van der Waals surface area contributed by atoms with Crippen molar-refractivity contribution in [1.29, 1.82) is 0 Å². The second-order valence-electron chi connectivity index (χ2n) is 24.2. The number of rotatable bonds is 32. The first-order valence-corrected chi connectivity index (χ1v) is 39.7. The van der Waals surface area contributed by atoms with Gasteiger partial charge in [0.1, 0.15) is 0 Å². The van der Waals surface area contributed by atoms with E-state index in [1.165, 1.54) is 87.6 Å². The Morgan fingerprint density at radius 2 is 0.326 bits per heavy atom. The Bertz CT molecular complexity index is 2910. The van der Waals surface area contributed by atoms with E-state index in [-0.39, 0.29) is 0 Å². The number of unbranched alkanes of at least 4 members (excludes halogenated alkanes) is 8. The maximum atomic E-state index is 7.15. The molecule has 0 atom stereocenters. The molecule has 8 aromatic carbocycles. The summed E-state index contributed by atoms with van der Waals surface area (Å²) >= 11 is 7.70. The number of benzene rings is 8. The molecule has 0 spiro atoms. The van der Waals surface area contributed by atoms with Crippen LogP contribution in [0.4, 0.5) is 0 Å². The smallest absolute Gasteiger partial charge is 0.166 e. The molecule has 2 aliphatic rings. The molecule has 0 unspecified atom stereocenters. The van der Waals surface area contributed by atoms with Gasteiger partial charge in [-0.2, -0.15) is 47.0 Å². The summed E-state index contributed by atoms with van der Waals surface area (Å²) in [5.74, 6) is 12.7. The van der Waals surface area contributed by atoms with Crippen LogP contribution < -0.4 is 37.9 Å². The summed E-state index contributed by atoms with van der Waals surface area (Å²) in [6.07, 6.45) is 15.8. The van der Waals surface area contributed by atoms with E-state index in [0.717, 1.165) is 149 Å². The van der Waals surface area contributed by atoms with Gasteiger partial charge in [0.15, 0.2) is 46.0 Å². The van der Waals surface area contributed by atoms with Gasteiger partial charge in [-0.05, 0) is 94.5 Å². The van der Waals surface area contributed by atoms with E-state index in [9.17, 15) is 0 Å². The van der Waals surface area contributed by atoms with Crippen LogP contribution in [0.15, 0.2) is 97.1 Å². The fraction of sp³-hybridized carbons (Fsp3) is 0.500. The molecule has 0 saturated carbocycles. The number of hydrogen-bond acceptors (Lipinski definition) is 12. The van der Waals surface area contributed by atoms with Crippen LogP contribution in [0.25, 0.3) is 43.1 Å². The molecule has 2 aliphatic heterocycles. The normalized spacial score (nSPS) is 13.3. The third kappa shape index (κ3) is 17.7. The number of hydrogen-bond donors (Lipinski definition) is 0. The van der Waals surface area contributed by atoms with Crippen LogP contribution in [0.5, 0.6) is 46.0 Å². The molecule has 10 rings (SSSR count). The Balaban J connectivity index is 1.29. The highest BCUT2D eigenvalue weighted by Gasteiger charge is 2.29. The second kappa shape index (κ2) is 38.2. The number of thioether (sulfide) groups is 4. The third-order valence-electron chi connectivity index (χ3n) is 17.3. The molecular weight excluding hydrogens is 1220 g/mol. The molecule has 2 heterocycles. The van der Waals surface area contributed by atoms with Gasteiger partial charge in [0.2, 0.25) is 0 Å². The van der Waals surface area contributed by atoms with Crippen molar-refractivity contribution in [3.63, 3.8) is 0 Å². The molecule has 0 N–H and O–H groups in total. The van der Waals surface area contributed by atoms with Gasteiger partial charge in [-0.3, -0.25) is 0 Å². The first-order valence-electron chi connectivity index (χ1n) is 35.0. The first kappa shape index (κ1) is 70.9. The average Bonchev–Trinajstić information content (AvgIpc) is 0.828. The summed E-state index contributed by atoms with van der Waals surface area (Å²) in [5.41, 5.74) is 9.43.